The van der Waals surface area contributed by atoms with Gasteiger partial charge in [-0.3, -0.25) is 9.59 Å². The van der Waals surface area contributed by atoms with E-state index >= 15 is 0 Å². The molecule has 37 heavy (non-hydrogen) atoms. The van der Waals surface area contributed by atoms with Gasteiger partial charge in [0.1, 0.15) is 10.5 Å². The van der Waals surface area contributed by atoms with Crippen LogP contribution in [-0.4, -0.2) is 51.2 Å². The molecule has 0 saturated carbocycles. The fraction of sp³-hybridized carbons (Fsp3) is 0.320. The van der Waals surface area contributed by atoms with Gasteiger partial charge in [-0.2, -0.15) is 13.5 Å². The first-order valence-electron chi connectivity index (χ1n) is 11.5. The predicted octanol–water partition coefficient (Wildman–Crippen LogP) is 2.95. The molecule has 10 nitrogen and oxygen atoms in total. The Balaban J connectivity index is 1.87. The van der Waals surface area contributed by atoms with E-state index in [1.165, 1.54) is 36.2 Å². The van der Waals surface area contributed by atoms with E-state index < -0.39 is 37.6 Å². The molecule has 0 fully saturated rings. The molecule has 4 rings (SSSR count). The van der Waals surface area contributed by atoms with Gasteiger partial charge in [-0.05, 0) is 62.1 Å². The molecule has 0 radical (unpaired) electrons. The number of esters is 1. The number of methoxy groups -OCH3 is 1. The van der Waals surface area contributed by atoms with Gasteiger partial charge in [0, 0.05) is 12.1 Å². The monoisotopic (exact) mass is 546 g/mol. The average molecular weight is 547 g/mol. The average Bonchev–Trinajstić information content (AvgIpc) is 3.27. The minimum absolute atomic E-state index is 0.0237. The van der Waals surface area contributed by atoms with Crippen LogP contribution in [0.3, 0.4) is 0 Å². The van der Waals surface area contributed by atoms with Crippen LogP contribution in [0.25, 0.3) is 0 Å². The van der Waals surface area contributed by atoms with Gasteiger partial charge in [-0.1, -0.05) is 18.2 Å². The maximum absolute atomic E-state index is 13.8. The normalized spacial score (nSPS) is 16.6. The zero-order valence-electron chi connectivity index (χ0n) is 20.7. The zero-order chi connectivity index (χ0) is 27.1. The fourth-order valence-electron chi connectivity index (χ4n) is 4.61. The number of nitrogens with zero attached hydrogens (tertiary/aromatic N) is 2. The molecule has 2 aromatic carbocycles. The van der Waals surface area contributed by atoms with Crippen LogP contribution in [0.15, 0.2) is 52.4 Å². The Morgan fingerprint density at radius 3 is 2.43 bits per heavy atom. The third-order valence-corrected chi connectivity index (χ3v) is 9.56. The Labute approximate surface area is 215 Å². The summed E-state index contributed by atoms with van der Waals surface area (Å²) < 4.78 is 63.2. The highest BCUT2D eigenvalue weighted by Crippen LogP contribution is 2.41. The fourth-order valence-corrected chi connectivity index (χ4v) is 7.51. The number of hydrogen-bond donors (Lipinski definition) is 0. The molecular formula is C25H26N2O8S2. The van der Waals surface area contributed by atoms with Gasteiger partial charge in [0.05, 0.1) is 29.9 Å². The lowest BCUT2D eigenvalue weighted by Gasteiger charge is -2.28. The number of aryl methyl sites for hydroxylation is 2. The van der Waals surface area contributed by atoms with Crippen LogP contribution in [0.5, 0.6) is 5.88 Å². The number of carbonyl (C=O) groups is 2. The number of ether oxygens (including phenoxy) is 1. The molecular weight excluding hydrogens is 520 g/mol. The molecule has 1 atom stereocenters. The van der Waals surface area contributed by atoms with Crippen LogP contribution in [-0.2, 0) is 36.0 Å². The molecule has 12 heteroatoms. The Bertz CT molecular complexity index is 1610. The largest absolute Gasteiger partial charge is 0.469 e. The van der Waals surface area contributed by atoms with Gasteiger partial charge in [-0.15, -0.1) is 0 Å². The van der Waals surface area contributed by atoms with E-state index in [0.717, 1.165) is 0 Å². The molecule has 1 aliphatic heterocycles. The third kappa shape index (κ3) is 4.66. The van der Waals surface area contributed by atoms with E-state index in [4.69, 9.17) is 8.92 Å². The summed E-state index contributed by atoms with van der Waals surface area (Å²) in [5.41, 5.74) is 0.825. The highest BCUT2D eigenvalue weighted by Gasteiger charge is 2.39. The summed E-state index contributed by atoms with van der Waals surface area (Å²) in [5.74, 6) is -2.55. The first kappa shape index (κ1) is 26.6. The second-order valence-corrected chi connectivity index (χ2v) is 12.2. The van der Waals surface area contributed by atoms with Crippen molar-refractivity contribution in [1.82, 2.24) is 9.78 Å². The first-order chi connectivity index (χ1) is 17.4. The van der Waals surface area contributed by atoms with Crippen molar-refractivity contribution in [3.63, 3.8) is 0 Å². The van der Waals surface area contributed by atoms with Gasteiger partial charge in [-0.25, -0.2) is 13.1 Å². The predicted molar refractivity (Wildman–Crippen MR) is 133 cm³/mol. The Kier molecular flexibility index (Phi) is 6.99. The van der Waals surface area contributed by atoms with E-state index in [1.54, 1.807) is 39.0 Å². The van der Waals surface area contributed by atoms with Crippen LogP contribution in [0.2, 0.25) is 0 Å². The van der Waals surface area contributed by atoms with Crippen molar-refractivity contribution in [1.29, 1.82) is 0 Å². The number of sulfone groups is 1. The van der Waals surface area contributed by atoms with E-state index in [9.17, 15) is 26.4 Å². The Morgan fingerprint density at radius 2 is 1.81 bits per heavy atom. The Hall–Kier alpha value is -3.51. The lowest BCUT2D eigenvalue weighted by Crippen LogP contribution is -2.28. The van der Waals surface area contributed by atoms with Gasteiger partial charge < -0.3 is 8.92 Å². The summed E-state index contributed by atoms with van der Waals surface area (Å²) in [6, 6.07) is 8.93. The number of benzene rings is 2. The lowest BCUT2D eigenvalue weighted by atomic mass is 9.86. The SMILES string of the molecule is CCn1ncc(C(=O)c2cc(C)c3c(c2C)C(C(=O)OC)CCS3(=O)=O)c1OS(=O)(=O)c1ccccc1. The summed E-state index contributed by atoms with van der Waals surface area (Å²) in [5, 5.41) is 4.11. The maximum atomic E-state index is 13.8. The molecule has 0 N–H and O–H groups in total. The van der Waals surface area contributed by atoms with Gasteiger partial charge in [0.25, 0.3) is 0 Å². The number of aromatic nitrogens is 2. The molecule has 0 spiro atoms. The summed E-state index contributed by atoms with van der Waals surface area (Å²) in [6.45, 7) is 5.05. The maximum Gasteiger partial charge on any atom is 0.340 e. The highest BCUT2D eigenvalue weighted by molar-refractivity contribution is 7.91. The molecule has 3 aromatic rings. The molecule has 1 aromatic heterocycles. The molecule has 1 aliphatic rings. The molecule has 0 saturated heterocycles. The van der Waals surface area contributed by atoms with Crippen LogP contribution < -0.4 is 4.18 Å². The standard InChI is InChI=1S/C25H26N2O8S2/c1-5-27-24(35-37(32,33)17-9-7-6-8-10-17)20(14-26-27)22(28)19-13-15(2)23-21(16(19)3)18(25(29)34-4)11-12-36(23,30)31/h6-10,13-14,18H,5,11-12H2,1-4H3. The molecule has 196 valence electrons. The summed E-state index contributed by atoms with van der Waals surface area (Å²) in [4.78, 5) is 26.3. The quantitative estimate of drug-likeness (QED) is 0.249. The van der Waals surface area contributed by atoms with Crippen molar-refractivity contribution in [3.05, 3.63) is 70.4 Å². The summed E-state index contributed by atoms with van der Waals surface area (Å²) >= 11 is 0. The van der Waals surface area contributed by atoms with Gasteiger partial charge in [0.15, 0.2) is 15.6 Å². The number of ketones is 1. The lowest BCUT2D eigenvalue weighted by molar-refractivity contribution is -0.142. The summed E-state index contributed by atoms with van der Waals surface area (Å²) in [7, 11) is -6.74. The number of carbonyl (C=O) groups excluding carboxylic acids is 2. The van der Waals surface area contributed by atoms with Crippen molar-refractivity contribution in [3.8, 4) is 5.88 Å². The topological polar surface area (TPSA) is 139 Å². The van der Waals surface area contributed by atoms with Crippen molar-refractivity contribution >= 4 is 31.7 Å². The number of rotatable bonds is 7. The Morgan fingerprint density at radius 1 is 1.14 bits per heavy atom. The highest BCUT2D eigenvalue weighted by atomic mass is 32.2. The van der Waals surface area contributed by atoms with Crippen molar-refractivity contribution in [2.24, 2.45) is 0 Å². The van der Waals surface area contributed by atoms with Crippen LogP contribution in [0, 0.1) is 13.8 Å². The van der Waals surface area contributed by atoms with E-state index in [1.807, 2.05) is 0 Å². The van der Waals surface area contributed by atoms with Crippen molar-refractivity contribution < 1.29 is 35.3 Å². The molecule has 1 unspecified atom stereocenters. The smallest absolute Gasteiger partial charge is 0.340 e. The van der Waals surface area contributed by atoms with E-state index in [0.29, 0.717) is 11.1 Å². The van der Waals surface area contributed by atoms with E-state index in [2.05, 4.69) is 5.10 Å². The molecule has 0 amide bonds. The van der Waals surface area contributed by atoms with Crippen LogP contribution >= 0.6 is 0 Å². The van der Waals surface area contributed by atoms with Gasteiger partial charge >= 0.3 is 16.1 Å². The van der Waals surface area contributed by atoms with Crippen LogP contribution in [0.4, 0.5) is 0 Å². The third-order valence-electron chi connectivity index (χ3n) is 6.39. The van der Waals surface area contributed by atoms with E-state index in [-0.39, 0.29) is 51.1 Å². The number of fused-ring (bicyclic) bond motifs is 1. The molecule has 0 bridgehead atoms. The van der Waals surface area contributed by atoms with Gasteiger partial charge in [0.2, 0.25) is 5.88 Å². The molecule has 2 heterocycles. The minimum Gasteiger partial charge on any atom is -0.469 e. The van der Waals surface area contributed by atoms with Crippen molar-refractivity contribution in [2.75, 3.05) is 12.9 Å². The second kappa shape index (κ2) is 9.75. The van der Waals surface area contributed by atoms with Crippen LogP contribution in [0.1, 0.15) is 51.9 Å². The minimum atomic E-state index is -4.28. The number of hydrogen-bond acceptors (Lipinski definition) is 9. The first-order valence-corrected chi connectivity index (χ1v) is 14.5. The molecule has 0 aliphatic carbocycles. The zero-order valence-corrected chi connectivity index (χ0v) is 22.4. The summed E-state index contributed by atoms with van der Waals surface area (Å²) in [6.07, 6.45) is 1.24. The van der Waals surface area contributed by atoms with Crippen molar-refractivity contribution in [2.45, 2.75) is 49.4 Å². The second-order valence-electron chi connectivity index (χ2n) is 8.65.